The summed E-state index contributed by atoms with van der Waals surface area (Å²) in [6.45, 7) is 44.1. The van der Waals surface area contributed by atoms with Gasteiger partial charge in [-0.05, 0) is 180 Å². The van der Waals surface area contributed by atoms with Crippen LogP contribution in [0.1, 0.15) is 233 Å². The lowest BCUT2D eigenvalue weighted by atomic mass is 9.98. The normalized spacial score (nSPS) is 11.7. The smallest absolute Gasteiger partial charge is 0.388 e. The van der Waals surface area contributed by atoms with Crippen LogP contribution in [0.25, 0.3) is 0 Å². The second kappa shape index (κ2) is 49.1. The van der Waals surface area contributed by atoms with E-state index in [4.69, 9.17) is 0 Å². The molecule has 3 nitrogen and oxygen atoms in total. The number of hydrogen-bond donors (Lipinski definition) is 3. The van der Waals surface area contributed by atoms with Crippen LogP contribution in [0.2, 0.25) is 0 Å². The van der Waals surface area contributed by atoms with Gasteiger partial charge in [-0.2, -0.15) is 13.2 Å². The predicted octanol–water partition coefficient (Wildman–Crippen LogP) is 26.4. The van der Waals surface area contributed by atoms with Crippen molar-refractivity contribution in [1.29, 1.82) is 0 Å². The van der Waals surface area contributed by atoms with E-state index in [0.29, 0.717) is 17.8 Å². The zero-order valence-corrected chi connectivity index (χ0v) is 63.8. The highest BCUT2D eigenvalue weighted by Gasteiger charge is 2.30. The van der Waals surface area contributed by atoms with Gasteiger partial charge >= 0.3 is 6.18 Å². The SMILES string of the molecule is CC(C)C(O)c1ccccc1.CC(C)Cc1ccc(F)cc1.CC(C)Cc1ccccc1.CC(C)c1ccc(C(F)(F)F)cc1.CC(C)c1ccc(F)cc1.CC(C)c1ccccc1.Cc1ccc(C(O)C(C)C)cc1.Cc1ccc(C(O)C(C)C)cc1.Cc1ccc(CC(C)C)cc1. The fourth-order valence-corrected chi connectivity index (χ4v) is 9.45. The molecule has 9 aromatic carbocycles. The van der Waals surface area contributed by atoms with Crippen LogP contribution in [0.15, 0.2) is 237 Å². The summed E-state index contributed by atoms with van der Waals surface area (Å²) in [4.78, 5) is 0. The van der Waals surface area contributed by atoms with Gasteiger partial charge in [0, 0.05) is 0 Å². The maximum absolute atomic E-state index is 12.4. The first-order valence-corrected chi connectivity index (χ1v) is 35.5. The number of alkyl halides is 3. The van der Waals surface area contributed by atoms with Crippen LogP contribution in [0.4, 0.5) is 22.0 Å². The predicted molar refractivity (Wildman–Crippen MR) is 414 cm³/mol. The Morgan fingerprint density at radius 3 is 0.737 bits per heavy atom. The molecular weight excluding hydrogens is 1240 g/mol. The lowest BCUT2D eigenvalue weighted by Gasteiger charge is -2.14. The van der Waals surface area contributed by atoms with Crippen LogP contribution in [0, 0.1) is 67.9 Å². The monoisotopic (exact) mass is 1360 g/mol. The van der Waals surface area contributed by atoms with Gasteiger partial charge in [0.1, 0.15) is 11.6 Å². The van der Waals surface area contributed by atoms with E-state index in [1.54, 1.807) is 0 Å². The molecule has 0 heterocycles. The molecule has 0 aromatic heterocycles. The molecule has 0 amide bonds. The van der Waals surface area contributed by atoms with Gasteiger partial charge in [-0.15, -0.1) is 0 Å². The first-order chi connectivity index (χ1) is 46.5. The quantitative estimate of drug-likeness (QED) is 0.0897. The largest absolute Gasteiger partial charge is 0.416 e. The van der Waals surface area contributed by atoms with Gasteiger partial charge in [0.25, 0.3) is 0 Å². The molecule has 0 aliphatic carbocycles. The first-order valence-electron chi connectivity index (χ1n) is 35.5. The fourth-order valence-electron chi connectivity index (χ4n) is 9.45. The molecule has 0 radical (unpaired) electrons. The topological polar surface area (TPSA) is 60.7 Å². The molecule has 0 saturated heterocycles. The summed E-state index contributed by atoms with van der Waals surface area (Å²) in [5.74, 6) is 4.12. The molecule has 0 saturated carbocycles. The minimum Gasteiger partial charge on any atom is -0.388 e. The highest BCUT2D eigenvalue weighted by atomic mass is 19.4. The second-order valence-corrected chi connectivity index (χ2v) is 28.7. The molecule has 3 unspecified atom stereocenters. The number of hydrogen-bond acceptors (Lipinski definition) is 3. The Hall–Kier alpha value is -7.49. The van der Waals surface area contributed by atoms with Crippen LogP contribution < -0.4 is 0 Å². The third-order valence-electron chi connectivity index (χ3n) is 15.6. The van der Waals surface area contributed by atoms with Crippen LogP contribution in [0.5, 0.6) is 0 Å². The van der Waals surface area contributed by atoms with Crippen molar-refractivity contribution in [2.24, 2.45) is 35.5 Å². The van der Waals surface area contributed by atoms with Crippen molar-refractivity contribution in [3.8, 4) is 0 Å². The third-order valence-corrected chi connectivity index (χ3v) is 15.6. The number of halogens is 5. The van der Waals surface area contributed by atoms with E-state index >= 15 is 0 Å². The highest BCUT2D eigenvalue weighted by molar-refractivity contribution is 5.28. The van der Waals surface area contributed by atoms with E-state index in [9.17, 15) is 37.3 Å². The van der Waals surface area contributed by atoms with Crippen molar-refractivity contribution in [2.45, 2.75) is 207 Å². The lowest BCUT2D eigenvalue weighted by molar-refractivity contribution is -0.137. The molecule has 3 N–H and O–H groups in total. The third kappa shape index (κ3) is 41.6. The van der Waals surface area contributed by atoms with Crippen molar-refractivity contribution in [1.82, 2.24) is 0 Å². The van der Waals surface area contributed by atoms with Crippen molar-refractivity contribution >= 4 is 0 Å². The van der Waals surface area contributed by atoms with Crippen LogP contribution in [-0.4, -0.2) is 15.3 Å². The molecule has 0 aliphatic heterocycles. The standard InChI is InChI=1S/2C11H16O.C11H16.C10H11F3.C10H13F.C10H14O.C10H14.C9H11F.C9H12/c2*1-8(2)11(12)10-6-4-9(3)5-7-10;1-9(2)8-11-6-4-10(3)5-7-11;1-7(2)8-3-5-9(6-4-8)10(11,12)13;1-8(2)7-9-3-5-10(11)6-4-9;1-8(2)10(11)9-6-4-3-5-7-9;1-9(2)8-10-6-4-3-5-7-10;1-7(2)8-3-5-9(10)6-4-8;1-8(2)9-6-4-3-5-7-9/h2*4-8,11-12H,1-3H3;4-7,9H,8H2,1-3H3;3-7H,1-2H3;3-6,8H,7H2,1-2H3;3-8,10-11H,1-2H3;3-7,9H,8H2,1-2H3;3-7H,1-2H3;3-8H,1-2H3. The Morgan fingerprint density at radius 1 is 0.263 bits per heavy atom. The molecular formula is C91H123F5O3. The fraction of sp³-hybridized carbons (Fsp3) is 0.407. The molecule has 8 heteroatoms. The summed E-state index contributed by atoms with van der Waals surface area (Å²) in [5, 5.41) is 29.0. The minimum absolute atomic E-state index is 0.155. The van der Waals surface area contributed by atoms with Crippen molar-refractivity contribution < 1.29 is 37.3 Å². The molecule has 0 fully saturated rings. The maximum atomic E-state index is 12.4. The Morgan fingerprint density at radius 2 is 0.475 bits per heavy atom. The Labute approximate surface area is 597 Å². The van der Waals surface area contributed by atoms with Gasteiger partial charge in [0.05, 0.1) is 23.9 Å². The van der Waals surface area contributed by atoms with Gasteiger partial charge in [-0.3, -0.25) is 0 Å². The number of aliphatic hydroxyl groups is 3. The maximum Gasteiger partial charge on any atom is 0.416 e. The summed E-state index contributed by atoms with van der Waals surface area (Å²) in [7, 11) is 0. The van der Waals surface area contributed by atoms with Crippen molar-refractivity contribution in [3.63, 3.8) is 0 Å². The summed E-state index contributed by atoms with van der Waals surface area (Å²) in [6, 6.07) is 74.3. The molecule has 0 spiro atoms. The summed E-state index contributed by atoms with van der Waals surface area (Å²) in [5.41, 5.74) is 13.9. The van der Waals surface area contributed by atoms with E-state index in [1.807, 2.05) is 178 Å². The highest BCUT2D eigenvalue weighted by Crippen LogP contribution is 2.30. The average Bonchev–Trinajstić information content (AvgIpc) is 0.928. The van der Waals surface area contributed by atoms with Gasteiger partial charge < -0.3 is 15.3 Å². The van der Waals surface area contributed by atoms with Crippen molar-refractivity contribution in [2.75, 3.05) is 0 Å². The number of benzene rings is 9. The summed E-state index contributed by atoms with van der Waals surface area (Å²) >= 11 is 0. The van der Waals surface area contributed by atoms with Crippen molar-refractivity contribution in [3.05, 3.63) is 321 Å². The molecule has 0 bridgehead atoms. The molecule has 3 atom stereocenters. The van der Waals surface area contributed by atoms with Crippen LogP contribution >= 0.6 is 0 Å². The second-order valence-electron chi connectivity index (χ2n) is 28.7. The zero-order valence-electron chi connectivity index (χ0n) is 63.8. The van der Waals surface area contributed by atoms with E-state index in [2.05, 4.69) is 155 Å². The zero-order chi connectivity index (χ0) is 74.8. The van der Waals surface area contributed by atoms with E-state index in [0.717, 1.165) is 52.6 Å². The van der Waals surface area contributed by atoms with Gasteiger partial charge in [0.2, 0.25) is 0 Å². The lowest BCUT2D eigenvalue weighted by Crippen LogP contribution is -2.04. The minimum atomic E-state index is -4.23. The average molecular weight is 1360 g/mol. The summed E-state index contributed by atoms with van der Waals surface area (Å²) < 4.78 is 61.1. The molecule has 9 rings (SSSR count). The number of aryl methyl sites for hydroxylation is 3. The van der Waals surface area contributed by atoms with Crippen LogP contribution in [-0.2, 0) is 25.4 Å². The van der Waals surface area contributed by atoms with E-state index in [1.165, 1.54) is 93.7 Å². The Bertz CT molecular complexity index is 3270. The molecule has 540 valence electrons. The number of aliphatic hydroxyl groups excluding tert-OH is 3. The molecule has 9 aromatic rings. The van der Waals surface area contributed by atoms with Gasteiger partial charge in [0.15, 0.2) is 0 Å². The van der Waals surface area contributed by atoms with E-state index in [-0.39, 0.29) is 53.6 Å². The van der Waals surface area contributed by atoms with Gasteiger partial charge in [-0.25, -0.2) is 8.78 Å². The number of rotatable bonds is 15. The molecule has 0 aliphatic rings. The van der Waals surface area contributed by atoms with E-state index < -0.39 is 11.7 Å². The molecule has 99 heavy (non-hydrogen) atoms. The Kier molecular flexibility index (Phi) is 44.4. The van der Waals surface area contributed by atoms with Crippen LogP contribution in [0.3, 0.4) is 0 Å². The van der Waals surface area contributed by atoms with Gasteiger partial charge in [-0.1, -0.05) is 342 Å². The summed E-state index contributed by atoms with van der Waals surface area (Å²) in [6.07, 6.45) is -1.79. The first kappa shape index (κ1) is 89.5. The Balaban J connectivity index is 0.000000558.